The first kappa shape index (κ1) is 18.9. The second-order valence-corrected chi connectivity index (χ2v) is 6.49. The normalized spacial score (nSPS) is 12.3. The van der Waals surface area contributed by atoms with Crippen LogP contribution in [-0.2, 0) is 22.5 Å². The molecule has 0 radical (unpaired) electrons. The molecule has 1 aliphatic rings. The summed E-state index contributed by atoms with van der Waals surface area (Å²) in [7, 11) is 1.60. The summed E-state index contributed by atoms with van der Waals surface area (Å²) in [6, 6.07) is 9.50. The Morgan fingerprint density at radius 2 is 2.10 bits per heavy atom. The molecule has 3 heterocycles. The topological polar surface area (TPSA) is 112 Å². The van der Waals surface area contributed by atoms with Gasteiger partial charge in [-0.1, -0.05) is 6.07 Å². The number of nitrogens with one attached hydrogen (secondary N) is 2. The van der Waals surface area contributed by atoms with Gasteiger partial charge in [-0.25, -0.2) is 0 Å². The third-order valence-corrected chi connectivity index (χ3v) is 4.44. The molecule has 2 N–H and O–H groups in total. The summed E-state index contributed by atoms with van der Waals surface area (Å²) >= 11 is 0. The SMILES string of the molecule is COCCNC(=O)CCc1nnc2ccc(NCc3ccc4c(c3)OCO4)nn12. The van der Waals surface area contributed by atoms with Gasteiger partial charge in [-0.3, -0.25) is 4.79 Å². The van der Waals surface area contributed by atoms with E-state index < -0.39 is 0 Å². The average Bonchev–Trinajstić information content (AvgIpc) is 3.37. The van der Waals surface area contributed by atoms with E-state index in [-0.39, 0.29) is 12.7 Å². The van der Waals surface area contributed by atoms with Crippen LogP contribution in [0.25, 0.3) is 5.65 Å². The Balaban J connectivity index is 1.38. The lowest BCUT2D eigenvalue weighted by atomic mass is 10.2. The number of carbonyl (C=O) groups is 1. The zero-order valence-electron chi connectivity index (χ0n) is 16.1. The second kappa shape index (κ2) is 8.74. The van der Waals surface area contributed by atoms with Crippen LogP contribution in [0.4, 0.5) is 5.82 Å². The Morgan fingerprint density at radius 3 is 3.00 bits per heavy atom. The van der Waals surface area contributed by atoms with Crippen molar-refractivity contribution in [3.63, 3.8) is 0 Å². The second-order valence-electron chi connectivity index (χ2n) is 6.49. The molecule has 10 nitrogen and oxygen atoms in total. The zero-order valence-corrected chi connectivity index (χ0v) is 16.1. The molecule has 0 unspecified atom stereocenters. The van der Waals surface area contributed by atoms with E-state index in [2.05, 4.69) is 25.9 Å². The fourth-order valence-corrected chi connectivity index (χ4v) is 2.93. The molecule has 0 spiro atoms. The predicted octanol–water partition coefficient (Wildman–Crippen LogP) is 1.16. The summed E-state index contributed by atoms with van der Waals surface area (Å²) in [6.45, 7) is 1.81. The Kier molecular flexibility index (Phi) is 5.71. The van der Waals surface area contributed by atoms with E-state index >= 15 is 0 Å². The van der Waals surface area contributed by atoms with Crippen LogP contribution in [0.15, 0.2) is 30.3 Å². The van der Waals surface area contributed by atoms with E-state index in [1.807, 2.05) is 30.3 Å². The summed E-state index contributed by atoms with van der Waals surface area (Å²) in [4.78, 5) is 11.9. The summed E-state index contributed by atoms with van der Waals surface area (Å²) in [6.07, 6.45) is 0.750. The number of rotatable bonds is 9. The van der Waals surface area contributed by atoms with Crippen LogP contribution >= 0.6 is 0 Å². The van der Waals surface area contributed by atoms with Crippen molar-refractivity contribution in [2.75, 3.05) is 32.4 Å². The summed E-state index contributed by atoms with van der Waals surface area (Å²) in [5, 5.41) is 18.9. The largest absolute Gasteiger partial charge is 0.454 e. The maximum absolute atomic E-state index is 11.9. The smallest absolute Gasteiger partial charge is 0.231 e. The van der Waals surface area contributed by atoms with Crippen molar-refractivity contribution in [3.8, 4) is 11.5 Å². The highest BCUT2D eigenvalue weighted by Gasteiger charge is 2.13. The standard InChI is InChI=1S/C19H22N6O4/c1-27-9-8-20-19(26)7-6-18-23-22-17-5-4-16(24-25(17)18)21-11-13-2-3-14-15(10-13)29-12-28-14/h2-5,10H,6-9,11-12H2,1H3,(H,20,26)(H,21,24). The Bertz CT molecular complexity index is 1010. The van der Waals surface area contributed by atoms with Gasteiger partial charge in [0.1, 0.15) is 5.82 Å². The molecule has 3 aromatic rings. The first-order valence-electron chi connectivity index (χ1n) is 9.32. The highest BCUT2D eigenvalue weighted by Crippen LogP contribution is 2.32. The monoisotopic (exact) mass is 398 g/mol. The minimum Gasteiger partial charge on any atom is -0.454 e. The van der Waals surface area contributed by atoms with Crippen molar-refractivity contribution in [3.05, 3.63) is 41.7 Å². The van der Waals surface area contributed by atoms with Crippen molar-refractivity contribution < 1.29 is 19.0 Å². The quantitative estimate of drug-likeness (QED) is 0.517. The number of aromatic nitrogens is 4. The fourth-order valence-electron chi connectivity index (χ4n) is 2.93. The summed E-state index contributed by atoms with van der Waals surface area (Å²) in [5.74, 6) is 2.76. The van der Waals surface area contributed by atoms with Crippen molar-refractivity contribution in [2.24, 2.45) is 0 Å². The third kappa shape index (κ3) is 4.54. The van der Waals surface area contributed by atoms with E-state index in [0.29, 0.717) is 49.8 Å². The van der Waals surface area contributed by atoms with Gasteiger partial charge < -0.3 is 24.8 Å². The Morgan fingerprint density at radius 1 is 1.21 bits per heavy atom. The zero-order chi connectivity index (χ0) is 20.1. The number of nitrogens with zero attached hydrogens (tertiary/aromatic N) is 4. The van der Waals surface area contributed by atoms with E-state index in [1.54, 1.807) is 11.6 Å². The molecule has 152 valence electrons. The van der Waals surface area contributed by atoms with Gasteiger partial charge in [0, 0.05) is 33.0 Å². The number of fused-ring (bicyclic) bond motifs is 2. The molecule has 10 heteroatoms. The minimum absolute atomic E-state index is 0.0594. The van der Waals surface area contributed by atoms with Gasteiger partial charge in [0.2, 0.25) is 12.7 Å². The minimum atomic E-state index is -0.0594. The highest BCUT2D eigenvalue weighted by molar-refractivity contribution is 5.76. The molecule has 0 aliphatic carbocycles. The summed E-state index contributed by atoms with van der Waals surface area (Å²) < 4.78 is 17.3. The van der Waals surface area contributed by atoms with E-state index in [4.69, 9.17) is 14.2 Å². The molecular formula is C19H22N6O4. The molecule has 1 aromatic carbocycles. The van der Waals surface area contributed by atoms with Gasteiger partial charge in [-0.15, -0.1) is 15.3 Å². The highest BCUT2D eigenvalue weighted by atomic mass is 16.7. The van der Waals surface area contributed by atoms with Crippen LogP contribution < -0.4 is 20.1 Å². The predicted molar refractivity (Wildman–Crippen MR) is 104 cm³/mol. The van der Waals surface area contributed by atoms with Crippen molar-refractivity contribution in [1.29, 1.82) is 0 Å². The molecule has 0 saturated heterocycles. The first-order valence-corrected chi connectivity index (χ1v) is 9.32. The lowest BCUT2D eigenvalue weighted by molar-refractivity contribution is -0.121. The molecule has 0 fully saturated rings. The molecule has 0 bridgehead atoms. The fraction of sp³-hybridized carbons (Fsp3) is 0.368. The molecule has 0 atom stereocenters. The van der Waals surface area contributed by atoms with Crippen LogP contribution in [-0.4, -0.2) is 52.8 Å². The van der Waals surface area contributed by atoms with Crippen molar-refractivity contribution in [2.45, 2.75) is 19.4 Å². The lowest BCUT2D eigenvalue weighted by Gasteiger charge is -2.07. The molecule has 0 saturated carbocycles. The van der Waals surface area contributed by atoms with Gasteiger partial charge in [-0.05, 0) is 29.8 Å². The van der Waals surface area contributed by atoms with Crippen LogP contribution in [0.2, 0.25) is 0 Å². The lowest BCUT2D eigenvalue weighted by Crippen LogP contribution is -2.27. The maximum atomic E-state index is 11.9. The number of anilines is 1. The molecule has 1 amide bonds. The van der Waals surface area contributed by atoms with Gasteiger partial charge in [0.15, 0.2) is 23.0 Å². The van der Waals surface area contributed by atoms with Crippen LogP contribution in [0, 0.1) is 0 Å². The Hall–Kier alpha value is -3.40. The van der Waals surface area contributed by atoms with Gasteiger partial charge in [0.05, 0.1) is 6.61 Å². The number of hydrogen-bond donors (Lipinski definition) is 2. The molecule has 1 aliphatic heterocycles. The summed E-state index contributed by atoms with van der Waals surface area (Å²) in [5.41, 5.74) is 1.68. The van der Waals surface area contributed by atoms with Crippen LogP contribution in [0.5, 0.6) is 11.5 Å². The Labute approximate surface area is 167 Å². The molecule has 4 rings (SSSR count). The van der Waals surface area contributed by atoms with Crippen LogP contribution in [0.3, 0.4) is 0 Å². The average molecular weight is 398 g/mol. The number of methoxy groups -OCH3 is 1. The first-order chi connectivity index (χ1) is 14.2. The third-order valence-electron chi connectivity index (χ3n) is 4.44. The molecular weight excluding hydrogens is 376 g/mol. The molecule has 29 heavy (non-hydrogen) atoms. The van der Waals surface area contributed by atoms with E-state index in [1.165, 1.54) is 0 Å². The van der Waals surface area contributed by atoms with E-state index in [0.717, 1.165) is 17.1 Å². The van der Waals surface area contributed by atoms with Gasteiger partial charge in [-0.2, -0.15) is 4.52 Å². The maximum Gasteiger partial charge on any atom is 0.231 e. The van der Waals surface area contributed by atoms with Crippen molar-refractivity contribution in [1.82, 2.24) is 25.1 Å². The number of aryl methyl sites for hydroxylation is 1. The van der Waals surface area contributed by atoms with E-state index in [9.17, 15) is 4.79 Å². The molecule has 2 aromatic heterocycles. The number of amides is 1. The number of benzene rings is 1. The number of ether oxygens (including phenoxy) is 3. The number of carbonyl (C=O) groups excluding carboxylic acids is 1. The van der Waals surface area contributed by atoms with Crippen LogP contribution in [0.1, 0.15) is 17.8 Å². The van der Waals surface area contributed by atoms with Gasteiger partial charge in [0.25, 0.3) is 0 Å². The van der Waals surface area contributed by atoms with Crippen molar-refractivity contribution >= 4 is 17.4 Å². The number of hydrogen-bond acceptors (Lipinski definition) is 8. The van der Waals surface area contributed by atoms with Gasteiger partial charge >= 0.3 is 0 Å².